The molecule has 0 N–H and O–H groups in total. The van der Waals surface area contributed by atoms with Crippen LogP contribution in [0.25, 0.3) is 0 Å². The van der Waals surface area contributed by atoms with E-state index in [1.807, 2.05) is 26.0 Å². The number of amides is 1. The Hall–Kier alpha value is -1.68. The van der Waals surface area contributed by atoms with Gasteiger partial charge in [0.2, 0.25) is 0 Å². The molecule has 1 amide bonds. The molecule has 2 aliphatic heterocycles. The first-order chi connectivity index (χ1) is 10.1. The Labute approximate surface area is 125 Å². The molecule has 3 rings (SSSR count). The Balaban J connectivity index is 1.76. The molecule has 0 radical (unpaired) electrons. The molecule has 1 atom stereocenters. The van der Waals surface area contributed by atoms with Crippen molar-refractivity contribution < 1.29 is 14.3 Å². The van der Waals surface area contributed by atoms with Crippen molar-refractivity contribution in [2.24, 2.45) is 0 Å². The van der Waals surface area contributed by atoms with Crippen LogP contribution in [0.1, 0.15) is 47.2 Å². The number of aryl methyl sites for hydroxylation is 2. The molecule has 2 aliphatic rings. The zero-order valence-corrected chi connectivity index (χ0v) is 12.6. The number of ether oxygens (including phenoxy) is 1. The first kappa shape index (κ1) is 14.3. The summed E-state index contributed by atoms with van der Waals surface area (Å²) >= 11 is 0. The van der Waals surface area contributed by atoms with E-state index < -0.39 is 0 Å². The molecule has 0 aliphatic carbocycles. The van der Waals surface area contributed by atoms with Crippen molar-refractivity contribution in [3.05, 3.63) is 28.8 Å². The van der Waals surface area contributed by atoms with Gasteiger partial charge in [-0.25, -0.2) is 0 Å². The van der Waals surface area contributed by atoms with Crippen LogP contribution in [0.15, 0.2) is 12.1 Å². The number of rotatable bonds is 4. The van der Waals surface area contributed by atoms with E-state index in [1.54, 1.807) is 4.90 Å². The summed E-state index contributed by atoms with van der Waals surface area (Å²) in [5, 5.41) is 0. The second-order valence-electron chi connectivity index (χ2n) is 5.99. The molecule has 1 saturated heterocycles. The molecule has 0 aromatic heterocycles. The number of benzene rings is 1. The summed E-state index contributed by atoms with van der Waals surface area (Å²) in [6, 6.07) is 3.89. The molecule has 1 aromatic carbocycles. The number of carbonyl (C=O) groups is 2. The van der Waals surface area contributed by atoms with E-state index in [-0.39, 0.29) is 11.7 Å². The normalized spacial score (nSPS) is 21.2. The number of carbonyl (C=O) groups excluding carboxylic acids is 2. The smallest absolute Gasteiger partial charge is 0.299 e. The second-order valence-corrected chi connectivity index (χ2v) is 5.99. The highest BCUT2D eigenvalue weighted by atomic mass is 16.5. The maximum Gasteiger partial charge on any atom is 0.299 e. The topological polar surface area (TPSA) is 46.6 Å². The molecule has 1 aromatic rings. The average molecular weight is 287 g/mol. The number of Topliss-reactive ketones (excluding diaryl/α,β-unsaturated/α-hetero) is 1. The van der Waals surface area contributed by atoms with Crippen LogP contribution in [0, 0.1) is 13.8 Å². The molecule has 1 unspecified atom stereocenters. The summed E-state index contributed by atoms with van der Waals surface area (Å²) in [4.78, 5) is 26.1. The minimum atomic E-state index is -0.380. The molecule has 0 spiro atoms. The quantitative estimate of drug-likeness (QED) is 0.800. The van der Waals surface area contributed by atoms with Gasteiger partial charge in [0.15, 0.2) is 0 Å². The molecule has 4 heteroatoms. The van der Waals surface area contributed by atoms with Crippen LogP contribution < -0.4 is 4.90 Å². The summed E-state index contributed by atoms with van der Waals surface area (Å²) in [6.45, 7) is 5.30. The van der Waals surface area contributed by atoms with Crippen LogP contribution in [0.4, 0.5) is 5.69 Å². The third kappa shape index (κ3) is 2.48. The molecule has 2 heterocycles. The molecule has 112 valence electrons. The van der Waals surface area contributed by atoms with Gasteiger partial charge in [0.25, 0.3) is 11.7 Å². The van der Waals surface area contributed by atoms with Gasteiger partial charge in [0.1, 0.15) is 0 Å². The minimum Gasteiger partial charge on any atom is -0.378 e. The van der Waals surface area contributed by atoms with Crippen molar-refractivity contribution in [2.75, 3.05) is 18.1 Å². The maximum atomic E-state index is 12.2. The van der Waals surface area contributed by atoms with Crippen molar-refractivity contribution in [1.82, 2.24) is 0 Å². The number of nitrogens with zero attached hydrogens (tertiary/aromatic N) is 1. The van der Waals surface area contributed by atoms with Gasteiger partial charge < -0.3 is 9.64 Å². The van der Waals surface area contributed by atoms with Gasteiger partial charge in [0.05, 0.1) is 17.4 Å². The molecule has 0 bridgehead atoms. The zero-order valence-electron chi connectivity index (χ0n) is 12.6. The van der Waals surface area contributed by atoms with E-state index in [9.17, 15) is 9.59 Å². The lowest BCUT2D eigenvalue weighted by Gasteiger charge is -2.19. The number of hydrogen-bond donors (Lipinski definition) is 0. The van der Waals surface area contributed by atoms with E-state index in [4.69, 9.17) is 4.74 Å². The Morgan fingerprint density at radius 1 is 1.24 bits per heavy atom. The highest BCUT2D eigenvalue weighted by molar-refractivity contribution is 6.52. The molecule has 1 fully saturated rings. The summed E-state index contributed by atoms with van der Waals surface area (Å²) in [5.74, 6) is -0.738. The fourth-order valence-electron chi connectivity index (χ4n) is 3.32. The van der Waals surface area contributed by atoms with Crippen LogP contribution in [0.5, 0.6) is 0 Å². The largest absolute Gasteiger partial charge is 0.378 e. The number of ketones is 1. The summed E-state index contributed by atoms with van der Waals surface area (Å²) in [7, 11) is 0. The second kappa shape index (κ2) is 5.60. The van der Waals surface area contributed by atoms with Gasteiger partial charge in [-0.2, -0.15) is 0 Å². The van der Waals surface area contributed by atoms with Crippen molar-refractivity contribution in [2.45, 2.75) is 45.6 Å². The predicted octanol–water partition coefficient (Wildman–Crippen LogP) is 2.79. The lowest BCUT2D eigenvalue weighted by Crippen LogP contribution is -2.31. The third-order valence-corrected chi connectivity index (χ3v) is 4.46. The van der Waals surface area contributed by atoms with Crippen LogP contribution >= 0.6 is 0 Å². The standard InChI is InChI=1S/C17H21NO3/c1-11-7-8-12(2)15-14(11)16(19)17(20)18(15)9-3-5-13-6-4-10-21-13/h7-8,13H,3-6,9-10H2,1-2H3. The van der Waals surface area contributed by atoms with Crippen molar-refractivity contribution >= 4 is 17.4 Å². The van der Waals surface area contributed by atoms with Crippen LogP contribution in [0.3, 0.4) is 0 Å². The minimum absolute atomic E-state index is 0.330. The van der Waals surface area contributed by atoms with Gasteiger partial charge in [-0.1, -0.05) is 12.1 Å². The first-order valence-electron chi connectivity index (χ1n) is 7.67. The lowest BCUT2D eigenvalue weighted by molar-refractivity contribution is -0.114. The molecule has 0 saturated carbocycles. The van der Waals surface area contributed by atoms with E-state index in [2.05, 4.69) is 0 Å². The lowest BCUT2D eigenvalue weighted by atomic mass is 10.0. The monoisotopic (exact) mass is 287 g/mol. The van der Waals surface area contributed by atoms with Crippen LogP contribution in [0.2, 0.25) is 0 Å². The number of fused-ring (bicyclic) bond motifs is 1. The summed E-state index contributed by atoms with van der Waals surface area (Å²) in [6.07, 6.45) is 4.40. The predicted molar refractivity (Wildman–Crippen MR) is 80.8 cm³/mol. The molecular weight excluding hydrogens is 266 g/mol. The average Bonchev–Trinajstić information content (AvgIpc) is 3.06. The SMILES string of the molecule is Cc1ccc(C)c2c1C(=O)C(=O)N2CCCC1CCCO1. The van der Waals surface area contributed by atoms with Gasteiger partial charge in [-0.05, 0) is 50.7 Å². The third-order valence-electron chi connectivity index (χ3n) is 4.46. The van der Waals surface area contributed by atoms with Crippen molar-refractivity contribution in [3.8, 4) is 0 Å². The Kier molecular flexibility index (Phi) is 3.81. The fourth-order valence-corrected chi connectivity index (χ4v) is 3.32. The number of hydrogen-bond acceptors (Lipinski definition) is 3. The van der Waals surface area contributed by atoms with Gasteiger partial charge in [0, 0.05) is 13.2 Å². The Morgan fingerprint density at radius 3 is 2.71 bits per heavy atom. The van der Waals surface area contributed by atoms with E-state index in [0.29, 0.717) is 18.2 Å². The van der Waals surface area contributed by atoms with Gasteiger partial charge >= 0.3 is 0 Å². The van der Waals surface area contributed by atoms with Gasteiger partial charge in [-0.3, -0.25) is 9.59 Å². The summed E-state index contributed by atoms with van der Waals surface area (Å²) in [5.41, 5.74) is 3.29. The Bertz CT molecular complexity index is 588. The van der Waals surface area contributed by atoms with Crippen molar-refractivity contribution in [1.29, 1.82) is 0 Å². The van der Waals surface area contributed by atoms with Crippen molar-refractivity contribution in [3.63, 3.8) is 0 Å². The van der Waals surface area contributed by atoms with E-state index in [1.165, 1.54) is 0 Å². The molecule has 21 heavy (non-hydrogen) atoms. The van der Waals surface area contributed by atoms with E-state index in [0.717, 1.165) is 49.1 Å². The highest BCUT2D eigenvalue weighted by Gasteiger charge is 2.37. The first-order valence-corrected chi connectivity index (χ1v) is 7.67. The number of anilines is 1. The van der Waals surface area contributed by atoms with Crippen LogP contribution in [-0.2, 0) is 9.53 Å². The highest BCUT2D eigenvalue weighted by Crippen LogP contribution is 2.35. The maximum absolute atomic E-state index is 12.2. The fraction of sp³-hybridized carbons (Fsp3) is 0.529. The molecule has 4 nitrogen and oxygen atoms in total. The molecular formula is C17H21NO3. The van der Waals surface area contributed by atoms with E-state index >= 15 is 0 Å². The summed E-state index contributed by atoms with van der Waals surface area (Å²) < 4.78 is 5.61. The Morgan fingerprint density at radius 2 is 2.00 bits per heavy atom. The van der Waals surface area contributed by atoms with Gasteiger partial charge in [-0.15, -0.1) is 0 Å². The van der Waals surface area contributed by atoms with Crippen LogP contribution in [-0.4, -0.2) is 30.9 Å². The zero-order chi connectivity index (χ0) is 15.0.